The van der Waals surface area contributed by atoms with Gasteiger partial charge in [-0.3, -0.25) is 0 Å². The Balaban J connectivity index is 3.12. The van der Waals surface area contributed by atoms with Gasteiger partial charge in [-0.1, -0.05) is 69.0 Å². The van der Waals surface area contributed by atoms with Gasteiger partial charge in [0.1, 0.15) is 0 Å². The van der Waals surface area contributed by atoms with Gasteiger partial charge in [-0.2, -0.15) is 0 Å². The molecule has 1 aromatic rings. The summed E-state index contributed by atoms with van der Waals surface area (Å²) in [6, 6.07) is 10.9. The molecule has 0 saturated carbocycles. The number of allylic oxidation sites excluding steroid dienone is 1. The van der Waals surface area contributed by atoms with Gasteiger partial charge in [0.15, 0.2) is 0 Å². The minimum atomic E-state index is -1.45. The minimum absolute atomic E-state index is 0.604. The van der Waals surface area contributed by atoms with E-state index in [0.29, 0.717) is 11.5 Å². The van der Waals surface area contributed by atoms with Crippen LogP contribution in [0.3, 0.4) is 0 Å². The topological polar surface area (TPSA) is 0 Å². The highest BCUT2D eigenvalue weighted by Gasteiger charge is 2.33. The molecule has 1 rings (SSSR count). The molecule has 0 saturated heterocycles. The third-order valence-electron chi connectivity index (χ3n) is 3.37. The van der Waals surface area contributed by atoms with Gasteiger partial charge in [0.2, 0.25) is 0 Å². The molecule has 0 aliphatic heterocycles. The Hall–Kier alpha value is -1.04. The van der Waals surface area contributed by atoms with Crippen LogP contribution in [0.1, 0.15) is 13.8 Å². The molecular weight excluding hydrogens is 208 g/mol. The van der Waals surface area contributed by atoms with Crippen molar-refractivity contribution in [2.75, 3.05) is 0 Å². The number of hydrogen-bond acceptors (Lipinski definition) is 0. The normalized spacial score (nSPS) is 13.3. The summed E-state index contributed by atoms with van der Waals surface area (Å²) in [5.74, 6) is 0.649. The maximum Gasteiger partial charge on any atom is 0.0882 e. The Kier molecular flexibility index (Phi) is 4.34. The van der Waals surface area contributed by atoms with Crippen molar-refractivity contribution in [3.63, 3.8) is 0 Å². The van der Waals surface area contributed by atoms with E-state index in [4.69, 9.17) is 0 Å². The maximum atomic E-state index is 3.73. The molecule has 16 heavy (non-hydrogen) atoms. The molecule has 0 radical (unpaired) electrons. The second-order valence-electron chi connectivity index (χ2n) is 5.23. The molecule has 86 valence electrons. The predicted molar refractivity (Wildman–Crippen MR) is 75.9 cm³/mol. The first-order valence-electron chi connectivity index (χ1n) is 5.91. The maximum absolute atomic E-state index is 3.73. The summed E-state index contributed by atoms with van der Waals surface area (Å²) in [4.78, 5) is 0. The van der Waals surface area contributed by atoms with Gasteiger partial charge in [0.25, 0.3) is 0 Å². The van der Waals surface area contributed by atoms with E-state index in [-0.39, 0.29) is 0 Å². The molecule has 0 amide bonds. The molecule has 0 aliphatic rings. The van der Waals surface area contributed by atoms with Crippen LogP contribution in [0, 0.1) is 5.92 Å². The zero-order chi connectivity index (χ0) is 12.2. The van der Waals surface area contributed by atoms with Crippen LogP contribution in [0.4, 0.5) is 0 Å². The van der Waals surface area contributed by atoms with Crippen molar-refractivity contribution in [1.29, 1.82) is 0 Å². The van der Waals surface area contributed by atoms with Gasteiger partial charge in [0.05, 0.1) is 8.07 Å². The monoisotopic (exact) mass is 230 g/mol. The van der Waals surface area contributed by atoms with Gasteiger partial charge >= 0.3 is 0 Å². The average Bonchev–Trinajstić information content (AvgIpc) is 2.26. The number of hydrogen-bond donors (Lipinski definition) is 0. The van der Waals surface area contributed by atoms with E-state index in [2.05, 4.69) is 75.7 Å². The fourth-order valence-corrected chi connectivity index (χ4v) is 6.06. The first-order chi connectivity index (χ1) is 7.50. The van der Waals surface area contributed by atoms with Crippen LogP contribution in [0.15, 0.2) is 48.7 Å². The second-order valence-corrected chi connectivity index (χ2v) is 9.92. The first-order valence-corrected chi connectivity index (χ1v) is 8.99. The molecule has 1 heteroatoms. The summed E-state index contributed by atoms with van der Waals surface area (Å²) in [5.41, 5.74) is 3.59. The van der Waals surface area contributed by atoms with Crippen LogP contribution in [-0.4, -0.2) is 8.07 Å². The van der Waals surface area contributed by atoms with Gasteiger partial charge < -0.3 is 0 Å². The molecule has 0 spiro atoms. The standard InChI is InChI=1S/C15H22Si/c1-6-10-15(13(2)3)16(4,5)14-11-8-7-9-12-14/h7-13,15H,1H2,2-5H3. The van der Waals surface area contributed by atoms with E-state index >= 15 is 0 Å². The zero-order valence-electron chi connectivity index (χ0n) is 10.8. The quantitative estimate of drug-likeness (QED) is 0.542. The molecular formula is C15H22Si. The SMILES string of the molecule is C=C=CC(C(C)C)[Si](C)(C)c1ccccc1. The highest BCUT2D eigenvalue weighted by molar-refractivity contribution is 6.91. The van der Waals surface area contributed by atoms with E-state index in [9.17, 15) is 0 Å². The van der Waals surface area contributed by atoms with Crippen LogP contribution >= 0.6 is 0 Å². The Morgan fingerprint density at radius 2 is 1.75 bits per heavy atom. The summed E-state index contributed by atoms with van der Waals surface area (Å²) in [6.07, 6.45) is 2.17. The second kappa shape index (κ2) is 5.34. The Morgan fingerprint density at radius 1 is 1.19 bits per heavy atom. The lowest BCUT2D eigenvalue weighted by atomic mass is 10.1. The predicted octanol–water partition coefficient (Wildman–Crippen LogP) is 3.97. The van der Waals surface area contributed by atoms with Crippen molar-refractivity contribution in [1.82, 2.24) is 0 Å². The Morgan fingerprint density at radius 3 is 2.19 bits per heavy atom. The van der Waals surface area contributed by atoms with E-state index in [0.717, 1.165) is 0 Å². The molecule has 0 heterocycles. The van der Waals surface area contributed by atoms with Crippen LogP contribution in [0.2, 0.25) is 18.6 Å². The minimum Gasteiger partial charge on any atom is -0.133 e. The van der Waals surface area contributed by atoms with Gasteiger partial charge in [-0.25, -0.2) is 0 Å². The highest BCUT2D eigenvalue weighted by atomic mass is 28.3. The van der Waals surface area contributed by atoms with E-state index in [1.165, 1.54) is 5.19 Å². The van der Waals surface area contributed by atoms with Gasteiger partial charge in [-0.15, -0.1) is 5.73 Å². The van der Waals surface area contributed by atoms with E-state index in [1.807, 2.05) is 0 Å². The fourth-order valence-electron chi connectivity index (χ4n) is 2.42. The fraction of sp³-hybridized carbons (Fsp3) is 0.400. The lowest BCUT2D eigenvalue weighted by Gasteiger charge is -2.33. The van der Waals surface area contributed by atoms with Gasteiger partial charge in [-0.05, 0) is 17.5 Å². The van der Waals surface area contributed by atoms with Crippen LogP contribution in [-0.2, 0) is 0 Å². The summed E-state index contributed by atoms with van der Waals surface area (Å²) in [5, 5.41) is 1.51. The van der Waals surface area contributed by atoms with Gasteiger partial charge in [0, 0.05) is 0 Å². The molecule has 0 bridgehead atoms. The van der Waals surface area contributed by atoms with E-state index in [1.54, 1.807) is 0 Å². The molecule has 0 fully saturated rings. The Labute approximate surface area is 101 Å². The van der Waals surface area contributed by atoms with Crippen LogP contribution in [0.5, 0.6) is 0 Å². The molecule has 1 aromatic carbocycles. The van der Waals surface area contributed by atoms with Crippen molar-refractivity contribution in [2.24, 2.45) is 5.92 Å². The van der Waals surface area contributed by atoms with Crippen molar-refractivity contribution in [2.45, 2.75) is 32.5 Å². The smallest absolute Gasteiger partial charge is 0.0882 e. The Bertz CT molecular complexity index is 370. The van der Waals surface area contributed by atoms with Crippen molar-refractivity contribution in [3.8, 4) is 0 Å². The summed E-state index contributed by atoms with van der Waals surface area (Å²) >= 11 is 0. The summed E-state index contributed by atoms with van der Waals surface area (Å²) in [7, 11) is -1.45. The number of benzene rings is 1. The number of rotatable bonds is 4. The van der Waals surface area contributed by atoms with Crippen LogP contribution in [0.25, 0.3) is 0 Å². The highest BCUT2D eigenvalue weighted by Crippen LogP contribution is 2.30. The lowest BCUT2D eigenvalue weighted by molar-refractivity contribution is 0.647. The lowest BCUT2D eigenvalue weighted by Crippen LogP contribution is -2.46. The van der Waals surface area contributed by atoms with Crippen molar-refractivity contribution >= 4 is 13.3 Å². The van der Waals surface area contributed by atoms with Crippen molar-refractivity contribution in [3.05, 3.63) is 48.7 Å². The molecule has 0 aromatic heterocycles. The molecule has 0 N–H and O–H groups in total. The third kappa shape index (κ3) is 2.75. The van der Waals surface area contributed by atoms with Crippen molar-refractivity contribution < 1.29 is 0 Å². The average molecular weight is 230 g/mol. The van der Waals surface area contributed by atoms with E-state index < -0.39 is 8.07 Å². The van der Waals surface area contributed by atoms with Crippen LogP contribution < -0.4 is 5.19 Å². The zero-order valence-corrected chi connectivity index (χ0v) is 11.8. The molecule has 1 unspecified atom stereocenters. The molecule has 0 nitrogen and oxygen atoms in total. The summed E-state index contributed by atoms with van der Waals surface area (Å²) < 4.78 is 0. The third-order valence-corrected chi connectivity index (χ3v) is 7.69. The first kappa shape index (κ1) is 13.0. The molecule has 1 atom stereocenters. The summed E-state index contributed by atoms with van der Waals surface area (Å²) in [6.45, 7) is 13.2. The molecule has 0 aliphatic carbocycles. The largest absolute Gasteiger partial charge is 0.133 e.